The van der Waals surface area contributed by atoms with Crippen LogP contribution in [0.15, 0.2) is 18.2 Å². The van der Waals surface area contributed by atoms with E-state index in [1.165, 1.54) is 18.2 Å². The van der Waals surface area contributed by atoms with Gasteiger partial charge in [0, 0.05) is 5.69 Å². The lowest BCUT2D eigenvalue weighted by molar-refractivity contribution is -0.149. The monoisotopic (exact) mass is 272 g/mol. The van der Waals surface area contributed by atoms with E-state index < -0.39 is 18.0 Å². The molecule has 0 aliphatic rings. The molecule has 4 N–H and O–H groups in total. The number of carbonyl (C=O) groups is 2. The van der Waals surface area contributed by atoms with Crippen LogP contribution < -0.4 is 11.1 Å². The topological polar surface area (TPSA) is 102 Å². The van der Waals surface area contributed by atoms with E-state index in [-0.39, 0.29) is 17.1 Å². The highest BCUT2D eigenvalue weighted by atomic mass is 35.5. The molecule has 0 fully saturated rings. The average Bonchev–Trinajstić information content (AvgIpc) is 2.34. The van der Waals surface area contributed by atoms with Crippen molar-refractivity contribution in [2.45, 2.75) is 6.10 Å². The number of ether oxygens (including phenoxy) is 1. The standard InChI is InChI=1S/C11H13ClN2O4/c1-18-11(17)9(15)5-14-10(16)7-3-2-6(13)4-8(7)12/h2-4,9,15H,5,13H2,1H3,(H,14,16). The van der Waals surface area contributed by atoms with E-state index in [0.717, 1.165) is 7.11 Å². The molecule has 18 heavy (non-hydrogen) atoms. The molecule has 0 heterocycles. The van der Waals surface area contributed by atoms with Gasteiger partial charge >= 0.3 is 5.97 Å². The van der Waals surface area contributed by atoms with E-state index in [0.29, 0.717) is 5.69 Å². The van der Waals surface area contributed by atoms with Crippen LogP contribution in [0.2, 0.25) is 5.02 Å². The number of nitrogens with two attached hydrogens (primary N) is 1. The number of nitrogens with one attached hydrogen (secondary N) is 1. The van der Waals surface area contributed by atoms with Crippen molar-refractivity contribution < 1.29 is 19.4 Å². The Kier molecular flexibility index (Phi) is 4.94. The van der Waals surface area contributed by atoms with Gasteiger partial charge in [0.25, 0.3) is 5.91 Å². The number of halogens is 1. The largest absolute Gasteiger partial charge is 0.467 e. The second-order valence-corrected chi connectivity index (χ2v) is 3.90. The van der Waals surface area contributed by atoms with E-state index in [4.69, 9.17) is 17.3 Å². The summed E-state index contributed by atoms with van der Waals surface area (Å²) in [6.07, 6.45) is -1.41. The van der Waals surface area contributed by atoms with Crippen molar-refractivity contribution in [1.82, 2.24) is 5.32 Å². The predicted octanol–water partition coefficient (Wildman–Crippen LogP) is 0.186. The maximum Gasteiger partial charge on any atom is 0.336 e. The van der Waals surface area contributed by atoms with Crippen LogP contribution in [0.4, 0.5) is 5.69 Å². The van der Waals surface area contributed by atoms with Crippen molar-refractivity contribution in [3.63, 3.8) is 0 Å². The zero-order chi connectivity index (χ0) is 13.7. The summed E-state index contributed by atoms with van der Waals surface area (Å²) in [5.74, 6) is -1.33. The zero-order valence-corrected chi connectivity index (χ0v) is 10.4. The lowest BCUT2D eigenvalue weighted by atomic mass is 10.2. The molecular formula is C11H13ClN2O4. The first-order valence-corrected chi connectivity index (χ1v) is 5.42. The average molecular weight is 273 g/mol. The van der Waals surface area contributed by atoms with Crippen LogP contribution in [0.1, 0.15) is 10.4 Å². The molecule has 0 aliphatic heterocycles. The molecule has 0 aliphatic carbocycles. The fourth-order valence-corrected chi connectivity index (χ4v) is 1.49. The van der Waals surface area contributed by atoms with Crippen molar-refractivity contribution in [3.8, 4) is 0 Å². The molecule has 98 valence electrons. The fraction of sp³-hybridized carbons (Fsp3) is 0.273. The fourth-order valence-electron chi connectivity index (χ4n) is 1.22. The van der Waals surface area contributed by atoms with Crippen molar-refractivity contribution in [3.05, 3.63) is 28.8 Å². The second kappa shape index (κ2) is 6.23. The minimum Gasteiger partial charge on any atom is -0.467 e. The SMILES string of the molecule is COC(=O)C(O)CNC(=O)c1ccc(N)cc1Cl. The number of rotatable bonds is 4. The molecule has 0 radical (unpaired) electrons. The third kappa shape index (κ3) is 3.61. The van der Waals surface area contributed by atoms with Crippen LogP contribution in [0.5, 0.6) is 0 Å². The third-order valence-electron chi connectivity index (χ3n) is 2.17. The van der Waals surface area contributed by atoms with Gasteiger partial charge in [0.1, 0.15) is 0 Å². The van der Waals surface area contributed by atoms with Crippen LogP contribution in [0.25, 0.3) is 0 Å². The molecule has 7 heteroatoms. The lowest BCUT2D eigenvalue weighted by Crippen LogP contribution is -2.37. The van der Waals surface area contributed by atoms with E-state index in [2.05, 4.69) is 10.1 Å². The molecule has 1 aromatic carbocycles. The summed E-state index contributed by atoms with van der Waals surface area (Å²) in [6, 6.07) is 4.42. The highest BCUT2D eigenvalue weighted by molar-refractivity contribution is 6.34. The van der Waals surface area contributed by atoms with E-state index in [1.54, 1.807) is 0 Å². The van der Waals surface area contributed by atoms with Crippen LogP contribution in [-0.4, -0.2) is 36.7 Å². The molecular weight excluding hydrogens is 260 g/mol. The molecule has 0 bridgehead atoms. The number of hydrogen-bond donors (Lipinski definition) is 3. The van der Waals surface area contributed by atoms with Crippen LogP contribution >= 0.6 is 11.6 Å². The summed E-state index contributed by atoms with van der Waals surface area (Å²) < 4.78 is 4.31. The summed E-state index contributed by atoms with van der Waals surface area (Å²) >= 11 is 5.83. The van der Waals surface area contributed by atoms with E-state index in [9.17, 15) is 14.7 Å². The van der Waals surface area contributed by atoms with Gasteiger partial charge in [0.15, 0.2) is 6.10 Å². The minimum absolute atomic E-state index is 0.194. The number of nitrogen functional groups attached to an aromatic ring is 1. The number of methoxy groups -OCH3 is 1. The van der Waals surface area contributed by atoms with Crippen LogP contribution in [0.3, 0.4) is 0 Å². The molecule has 1 amide bonds. The highest BCUT2D eigenvalue weighted by Crippen LogP contribution is 2.18. The summed E-state index contributed by atoms with van der Waals surface area (Å²) in [4.78, 5) is 22.6. The van der Waals surface area contributed by atoms with Crippen LogP contribution in [-0.2, 0) is 9.53 Å². The number of amides is 1. The number of hydrogen-bond acceptors (Lipinski definition) is 5. The second-order valence-electron chi connectivity index (χ2n) is 3.49. The molecule has 1 rings (SSSR count). The number of esters is 1. The molecule has 0 saturated carbocycles. The smallest absolute Gasteiger partial charge is 0.336 e. The molecule has 0 saturated heterocycles. The Bertz CT molecular complexity index is 464. The maximum atomic E-state index is 11.7. The number of aliphatic hydroxyl groups excluding tert-OH is 1. The van der Waals surface area contributed by atoms with Gasteiger partial charge in [-0.15, -0.1) is 0 Å². The first-order chi connectivity index (χ1) is 8.45. The van der Waals surface area contributed by atoms with E-state index in [1.807, 2.05) is 0 Å². The Morgan fingerprint density at radius 3 is 2.78 bits per heavy atom. The number of aliphatic hydroxyl groups is 1. The van der Waals surface area contributed by atoms with Gasteiger partial charge in [0.05, 0.1) is 24.2 Å². The molecule has 1 atom stereocenters. The molecule has 6 nitrogen and oxygen atoms in total. The normalized spacial score (nSPS) is 11.7. The Hall–Kier alpha value is -1.79. The summed E-state index contributed by atoms with van der Waals surface area (Å²) in [5, 5.41) is 11.8. The summed E-state index contributed by atoms with van der Waals surface area (Å²) in [7, 11) is 1.14. The number of anilines is 1. The Morgan fingerprint density at radius 1 is 1.56 bits per heavy atom. The molecule has 1 unspecified atom stereocenters. The van der Waals surface area contributed by atoms with E-state index >= 15 is 0 Å². The number of carbonyl (C=O) groups excluding carboxylic acids is 2. The van der Waals surface area contributed by atoms with Gasteiger partial charge < -0.3 is 20.9 Å². The Morgan fingerprint density at radius 2 is 2.22 bits per heavy atom. The first-order valence-electron chi connectivity index (χ1n) is 5.04. The van der Waals surface area contributed by atoms with Crippen molar-refractivity contribution >= 4 is 29.2 Å². The van der Waals surface area contributed by atoms with Gasteiger partial charge in [-0.25, -0.2) is 4.79 Å². The van der Waals surface area contributed by atoms with Crippen molar-refractivity contribution in [1.29, 1.82) is 0 Å². The number of benzene rings is 1. The lowest BCUT2D eigenvalue weighted by Gasteiger charge is -2.10. The van der Waals surface area contributed by atoms with Gasteiger partial charge in [-0.1, -0.05) is 11.6 Å². The molecule has 1 aromatic rings. The Labute approximate surface area is 109 Å². The first kappa shape index (κ1) is 14.3. The van der Waals surface area contributed by atoms with Gasteiger partial charge in [-0.3, -0.25) is 4.79 Å². The van der Waals surface area contributed by atoms with Gasteiger partial charge in [-0.05, 0) is 18.2 Å². The Balaban J connectivity index is 2.63. The highest BCUT2D eigenvalue weighted by Gasteiger charge is 2.17. The van der Waals surface area contributed by atoms with Crippen LogP contribution in [0, 0.1) is 0 Å². The minimum atomic E-state index is -1.41. The predicted molar refractivity (Wildman–Crippen MR) is 66.2 cm³/mol. The van der Waals surface area contributed by atoms with Gasteiger partial charge in [-0.2, -0.15) is 0 Å². The van der Waals surface area contributed by atoms with Crippen molar-refractivity contribution in [2.75, 3.05) is 19.4 Å². The molecule has 0 aromatic heterocycles. The third-order valence-corrected chi connectivity index (χ3v) is 2.48. The van der Waals surface area contributed by atoms with Gasteiger partial charge in [0.2, 0.25) is 0 Å². The van der Waals surface area contributed by atoms with Crippen molar-refractivity contribution in [2.24, 2.45) is 0 Å². The quantitative estimate of drug-likeness (QED) is 0.536. The summed E-state index contributed by atoms with van der Waals surface area (Å²) in [6.45, 7) is -0.258. The maximum absolute atomic E-state index is 11.7. The summed E-state index contributed by atoms with van der Waals surface area (Å²) in [5.41, 5.74) is 6.14. The zero-order valence-electron chi connectivity index (χ0n) is 9.64. The molecule has 0 spiro atoms.